The van der Waals surface area contributed by atoms with Gasteiger partial charge in [-0.3, -0.25) is 19.8 Å². The third kappa shape index (κ3) is 3.02. The molecule has 23 heavy (non-hydrogen) atoms. The number of fused-ring (bicyclic) bond motifs is 1. The Morgan fingerprint density at radius 1 is 1.52 bits per heavy atom. The summed E-state index contributed by atoms with van der Waals surface area (Å²) >= 11 is 0. The zero-order chi connectivity index (χ0) is 16.4. The molecular formula is C15H19N5O3. The number of H-pyrrole nitrogens is 1. The number of aromatic amines is 1. The predicted octanol–water partition coefficient (Wildman–Crippen LogP) is 1.73. The van der Waals surface area contributed by atoms with Crippen molar-refractivity contribution in [3.8, 4) is 0 Å². The highest BCUT2D eigenvalue weighted by Gasteiger charge is 2.24. The number of nitro benzene ring substituents is 1. The lowest BCUT2D eigenvalue weighted by molar-refractivity contribution is -0.383. The molecule has 1 atom stereocenters. The fourth-order valence-electron chi connectivity index (χ4n) is 3.17. The van der Waals surface area contributed by atoms with Gasteiger partial charge < -0.3 is 10.3 Å². The molecular weight excluding hydrogens is 298 g/mol. The summed E-state index contributed by atoms with van der Waals surface area (Å²) in [6.45, 7) is 4.80. The molecule has 0 amide bonds. The normalized spacial score (nSPS) is 18.4. The van der Waals surface area contributed by atoms with Crippen molar-refractivity contribution in [3.63, 3.8) is 0 Å². The largest absolute Gasteiger partial charge is 0.378 e. The highest BCUT2D eigenvalue weighted by atomic mass is 16.6. The van der Waals surface area contributed by atoms with Gasteiger partial charge in [0.2, 0.25) is 0 Å². The molecule has 0 radical (unpaired) electrons. The molecule has 0 bridgehead atoms. The summed E-state index contributed by atoms with van der Waals surface area (Å²) in [5.74, 6) is 0. The lowest BCUT2D eigenvalue weighted by atomic mass is 10.1. The van der Waals surface area contributed by atoms with Gasteiger partial charge in [0, 0.05) is 18.7 Å². The molecule has 3 rings (SSSR count). The highest BCUT2D eigenvalue weighted by Crippen LogP contribution is 2.28. The minimum Gasteiger partial charge on any atom is -0.378 e. The Kier molecular flexibility index (Phi) is 4.24. The molecule has 1 fully saturated rings. The fraction of sp³-hybridized carbons (Fsp3) is 0.467. The maximum absolute atomic E-state index is 11.8. The van der Waals surface area contributed by atoms with Crippen molar-refractivity contribution in [2.45, 2.75) is 25.8 Å². The number of anilines is 1. The SMILES string of the molecule is CCN1CCCC1CNc1cc2nc[nH]c(=O)c2cc1[N+](=O)[O-]. The third-order valence-electron chi connectivity index (χ3n) is 4.39. The van der Waals surface area contributed by atoms with E-state index in [9.17, 15) is 14.9 Å². The van der Waals surface area contributed by atoms with Crippen LogP contribution in [0.4, 0.5) is 11.4 Å². The average Bonchev–Trinajstić information content (AvgIpc) is 2.99. The number of likely N-dealkylation sites (tertiary alicyclic amines) is 1. The van der Waals surface area contributed by atoms with Gasteiger partial charge in [-0.1, -0.05) is 6.92 Å². The predicted molar refractivity (Wildman–Crippen MR) is 87.8 cm³/mol. The van der Waals surface area contributed by atoms with E-state index in [0.717, 1.165) is 25.9 Å². The lowest BCUT2D eigenvalue weighted by Gasteiger charge is -2.23. The van der Waals surface area contributed by atoms with Gasteiger partial charge in [-0.25, -0.2) is 4.98 Å². The number of aromatic nitrogens is 2. The van der Waals surface area contributed by atoms with Crippen LogP contribution in [0.25, 0.3) is 10.9 Å². The molecule has 1 saturated heterocycles. The molecule has 2 heterocycles. The Morgan fingerprint density at radius 2 is 2.35 bits per heavy atom. The molecule has 2 aromatic rings. The Labute approximate surface area is 132 Å². The number of likely N-dealkylation sites (N-methyl/N-ethyl adjacent to an activating group) is 1. The molecule has 1 aliphatic rings. The zero-order valence-corrected chi connectivity index (χ0v) is 12.9. The molecule has 122 valence electrons. The summed E-state index contributed by atoms with van der Waals surface area (Å²) in [5.41, 5.74) is 0.374. The van der Waals surface area contributed by atoms with Gasteiger partial charge in [0.1, 0.15) is 5.69 Å². The summed E-state index contributed by atoms with van der Waals surface area (Å²) in [6, 6.07) is 3.24. The molecule has 0 aliphatic carbocycles. The van der Waals surface area contributed by atoms with Crippen LogP contribution in [0.1, 0.15) is 19.8 Å². The first-order chi connectivity index (χ1) is 11.1. The van der Waals surface area contributed by atoms with E-state index >= 15 is 0 Å². The van der Waals surface area contributed by atoms with Gasteiger partial charge in [-0.15, -0.1) is 0 Å². The van der Waals surface area contributed by atoms with Crippen LogP contribution in [0, 0.1) is 10.1 Å². The van der Waals surface area contributed by atoms with Crippen LogP contribution in [0.15, 0.2) is 23.3 Å². The Morgan fingerprint density at radius 3 is 3.09 bits per heavy atom. The highest BCUT2D eigenvalue weighted by molar-refractivity contribution is 5.86. The second-order valence-electron chi connectivity index (χ2n) is 5.68. The van der Waals surface area contributed by atoms with E-state index in [4.69, 9.17) is 0 Å². The minimum atomic E-state index is -0.472. The van der Waals surface area contributed by atoms with E-state index in [2.05, 4.69) is 27.1 Å². The van der Waals surface area contributed by atoms with E-state index in [0.29, 0.717) is 23.8 Å². The molecule has 1 unspecified atom stereocenters. The van der Waals surface area contributed by atoms with E-state index < -0.39 is 4.92 Å². The summed E-state index contributed by atoms with van der Waals surface area (Å²) in [4.78, 5) is 31.5. The second-order valence-corrected chi connectivity index (χ2v) is 5.68. The molecule has 1 aromatic heterocycles. The van der Waals surface area contributed by atoms with E-state index in [1.807, 2.05) is 0 Å². The number of nitrogens with zero attached hydrogens (tertiary/aromatic N) is 3. The number of nitrogens with one attached hydrogen (secondary N) is 2. The maximum atomic E-state index is 11.8. The Hall–Kier alpha value is -2.48. The van der Waals surface area contributed by atoms with Crippen molar-refractivity contribution in [1.82, 2.24) is 14.9 Å². The van der Waals surface area contributed by atoms with E-state index in [1.54, 1.807) is 6.07 Å². The summed E-state index contributed by atoms with van der Waals surface area (Å²) in [5, 5.41) is 14.7. The van der Waals surface area contributed by atoms with Crippen molar-refractivity contribution >= 4 is 22.3 Å². The first-order valence-electron chi connectivity index (χ1n) is 7.74. The summed E-state index contributed by atoms with van der Waals surface area (Å²) < 4.78 is 0. The van der Waals surface area contributed by atoms with Crippen molar-refractivity contribution in [2.24, 2.45) is 0 Å². The van der Waals surface area contributed by atoms with Crippen molar-refractivity contribution in [3.05, 3.63) is 38.9 Å². The first kappa shape index (κ1) is 15.4. The smallest absolute Gasteiger partial charge is 0.293 e. The van der Waals surface area contributed by atoms with Crippen LogP contribution in [0.3, 0.4) is 0 Å². The Bertz CT molecular complexity index is 788. The number of nitro groups is 1. The lowest BCUT2D eigenvalue weighted by Crippen LogP contribution is -2.34. The molecule has 0 spiro atoms. The van der Waals surface area contributed by atoms with Gasteiger partial charge in [0.15, 0.2) is 0 Å². The van der Waals surface area contributed by atoms with E-state index in [-0.39, 0.29) is 16.6 Å². The van der Waals surface area contributed by atoms with Gasteiger partial charge in [0.25, 0.3) is 11.2 Å². The minimum absolute atomic E-state index is 0.1000. The van der Waals surface area contributed by atoms with Gasteiger partial charge in [-0.2, -0.15) is 0 Å². The van der Waals surface area contributed by atoms with Crippen LogP contribution in [0.5, 0.6) is 0 Å². The number of hydrogen-bond acceptors (Lipinski definition) is 6. The quantitative estimate of drug-likeness (QED) is 0.643. The molecule has 1 aromatic carbocycles. The number of hydrogen-bond donors (Lipinski definition) is 2. The van der Waals surface area contributed by atoms with Crippen LogP contribution < -0.4 is 10.9 Å². The summed E-state index contributed by atoms with van der Waals surface area (Å²) in [6.07, 6.45) is 3.53. The Balaban J connectivity index is 1.91. The molecule has 1 aliphatic heterocycles. The van der Waals surface area contributed by atoms with Crippen molar-refractivity contribution in [1.29, 1.82) is 0 Å². The zero-order valence-electron chi connectivity index (χ0n) is 12.9. The van der Waals surface area contributed by atoms with Gasteiger partial charge >= 0.3 is 0 Å². The number of rotatable bonds is 5. The van der Waals surface area contributed by atoms with Crippen LogP contribution in [-0.4, -0.2) is 45.5 Å². The van der Waals surface area contributed by atoms with E-state index in [1.165, 1.54) is 12.4 Å². The van der Waals surface area contributed by atoms with Crippen LogP contribution in [-0.2, 0) is 0 Å². The average molecular weight is 317 g/mol. The van der Waals surface area contributed by atoms with Crippen LogP contribution >= 0.6 is 0 Å². The summed E-state index contributed by atoms with van der Waals surface area (Å²) in [7, 11) is 0. The van der Waals surface area contributed by atoms with Crippen molar-refractivity contribution < 1.29 is 4.92 Å². The van der Waals surface area contributed by atoms with Crippen LogP contribution in [0.2, 0.25) is 0 Å². The molecule has 8 nitrogen and oxygen atoms in total. The fourth-order valence-corrected chi connectivity index (χ4v) is 3.17. The molecule has 0 saturated carbocycles. The number of benzene rings is 1. The monoisotopic (exact) mass is 317 g/mol. The van der Waals surface area contributed by atoms with Crippen molar-refractivity contribution in [2.75, 3.05) is 25.0 Å². The topological polar surface area (TPSA) is 104 Å². The second kappa shape index (κ2) is 6.33. The molecule has 2 N–H and O–H groups in total. The van der Waals surface area contributed by atoms with Gasteiger partial charge in [-0.05, 0) is 32.0 Å². The first-order valence-corrected chi connectivity index (χ1v) is 7.74. The third-order valence-corrected chi connectivity index (χ3v) is 4.39. The molecule has 8 heteroatoms. The van der Waals surface area contributed by atoms with Gasteiger partial charge in [0.05, 0.1) is 22.2 Å². The maximum Gasteiger partial charge on any atom is 0.293 e. The standard InChI is InChI=1S/C15H19N5O3/c1-2-19-5-3-4-10(19)8-16-13-7-12-11(6-14(13)20(22)23)15(21)18-9-17-12/h6-7,9-10,16H,2-5,8H2,1H3,(H,17,18,21).